The lowest BCUT2D eigenvalue weighted by Gasteiger charge is -2.35. The quantitative estimate of drug-likeness (QED) is 0.616. The highest BCUT2D eigenvalue weighted by Crippen LogP contribution is 2.36. The summed E-state index contributed by atoms with van der Waals surface area (Å²) in [5, 5.41) is 7.87. The molecule has 5 amide bonds. The number of rotatable bonds is 4. The number of urea groups is 1. The number of benzene rings is 2. The van der Waals surface area contributed by atoms with Gasteiger partial charge in [-0.25, -0.2) is 4.79 Å². The number of nitrogens with one attached hydrogen (secondary N) is 3. The Morgan fingerprint density at radius 2 is 1.91 bits per heavy atom. The molecule has 1 fully saturated rings. The van der Waals surface area contributed by atoms with Gasteiger partial charge in [-0.1, -0.05) is 32.0 Å². The molecule has 0 bridgehead atoms. The molecular weight excluding hydrogens is 424 g/mol. The molecule has 1 saturated heterocycles. The first-order chi connectivity index (χ1) is 15.8. The van der Waals surface area contributed by atoms with Crippen LogP contribution in [0, 0.1) is 5.92 Å². The third kappa shape index (κ3) is 3.59. The van der Waals surface area contributed by atoms with Gasteiger partial charge in [0.25, 0.3) is 11.8 Å². The molecule has 33 heavy (non-hydrogen) atoms. The zero-order chi connectivity index (χ0) is 23.3. The number of hydrogen-bond acceptors (Lipinski definition) is 5. The number of anilines is 2. The van der Waals surface area contributed by atoms with E-state index >= 15 is 0 Å². The van der Waals surface area contributed by atoms with Gasteiger partial charge in [0.05, 0.1) is 5.69 Å². The summed E-state index contributed by atoms with van der Waals surface area (Å²) in [6.07, 6.45) is 0.107. The van der Waals surface area contributed by atoms with Crippen molar-refractivity contribution in [1.82, 2.24) is 10.6 Å². The maximum absolute atomic E-state index is 13.0. The van der Waals surface area contributed by atoms with Crippen molar-refractivity contribution in [3.8, 4) is 5.75 Å². The summed E-state index contributed by atoms with van der Waals surface area (Å²) in [7, 11) is 0. The molecule has 1 spiro atoms. The first kappa shape index (κ1) is 21.0. The number of imide groups is 1. The topological polar surface area (TPSA) is 117 Å². The highest BCUT2D eigenvalue weighted by Gasteiger charge is 2.50. The summed E-state index contributed by atoms with van der Waals surface area (Å²) < 4.78 is 5.86. The molecule has 0 radical (unpaired) electrons. The van der Waals surface area contributed by atoms with Crippen molar-refractivity contribution in [3.63, 3.8) is 0 Å². The number of nitrogens with zero attached hydrogens (tertiary/aromatic N) is 1. The van der Waals surface area contributed by atoms with Gasteiger partial charge in [-0.05, 0) is 41.3 Å². The standard InChI is InChI=1S/C24H24N4O5/c1-13(2)20-21(30)28(17-5-3-4-6-18(17)33-20)12-19(29)25-16-8-7-14-10-24(11-15(14)9-16)22(31)26-23(32)27-24/h3-9,13,20H,10-12H2,1-2H3,(H,25,29)(H2,26,27,31,32)/t20-,24?/m0/s1. The van der Waals surface area contributed by atoms with E-state index in [2.05, 4.69) is 16.0 Å². The molecule has 0 saturated carbocycles. The molecule has 2 heterocycles. The molecule has 170 valence electrons. The minimum atomic E-state index is -0.960. The number of amides is 5. The van der Waals surface area contributed by atoms with Gasteiger partial charge in [-0.15, -0.1) is 0 Å². The van der Waals surface area contributed by atoms with Gasteiger partial charge in [0, 0.05) is 18.5 Å². The van der Waals surface area contributed by atoms with Crippen LogP contribution in [0.3, 0.4) is 0 Å². The Bertz CT molecular complexity index is 1190. The average Bonchev–Trinajstić information content (AvgIpc) is 3.26. The minimum Gasteiger partial charge on any atom is -0.478 e. The van der Waals surface area contributed by atoms with Crippen LogP contribution in [0.5, 0.6) is 5.75 Å². The molecular formula is C24H24N4O5. The number of hydrogen-bond donors (Lipinski definition) is 3. The third-order valence-corrected chi connectivity index (χ3v) is 6.32. The molecule has 2 aromatic rings. The van der Waals surface area contributed by atoms with Crippen LogP contribution in [0.4, 0.5) is 16.2 Å². The second kappa shape index (κ2) is 7.61. The van der Waals surface area contributed by atoms with E-state index in [9.17, 15) is 19.2 Å². The summed E-state index contributed by atoms with van der Waals surface area (Å²) in [5.74, 6) is -0.407. The van der Waals surface area contributed by atoms with Crippen molar-refractivity contribution in [3.05, 3.63) is 53.6 Å². The first-order valence-corrected chi connectivity index (χ1v) is 10.9. The van der Waals surface area contributed by atoms with Crippen LogP contribution in [0.2, 0.25) is 0 Å². The SMILES string of the molecule is CC(C)[C@@H]1Oc2ccccc2N(CC(=O)Nc2ccc3c(c2)CC2(C3)NC(=O)NC2=O)C1=O. The van der Waals surface area contributed by atoms with Crippen molar-refractivity contribution in [1.29, 1.82) is 0 Å². The van der Waals surface area contributed by atoms with Crippen molar-refractivity contribution < 1.29 is 23.9 Å². The van der Waals surface area contributed by atoms with Crippen LogP contribution in [-0.4, -0.2) is 41.9 Å². The van der Waals surface area contributed by atoms with E-state index in [4.69, 9.17) is 4.74 Å². The maximum atomic E-state index is 13.0. The van der Waals surface area contributed by atoms with E-state index in [1.807, 2.05) is 32.0 Å². The van der Waals surface area contributed by atoms with E-state index in [1.54, 1.807) is 24.3 Å². The summed E-state index contributed by atoms with van der Waals surface area (Å²) in [5.41, 5.74) is 2.00. The van der Waals surface area contributed by atoms with Crippen LogP contribution in [-0.2, 0) is 27.2 Å². The maximum Gasteiger partial charge on any atom is 0.322 e. The van der Waals surface area contributed by atoms with Crippen molar-refractivity contribution in [2.24, 2.45) is 5.92 Å². The van der Waals surface area contributed by atoms with Gasteiger partial charge in [0.2, 0.25) is 5.91 Å². The average molecular weight is 448 g/mol. The van der Waals surface area contributed by atoms with Gasteiger partial charge in [0.15, 0.2) is 6.10 Å². The number of para-hydroxylation sites is 2. The molecule has 5 rings (SSSR count). The Labute approximate surface area is 190 Å². The molecule has 1 aliphatic carbocycles. The fourth-order valence-electron chi connectivity index (χ4n) is 4.70. The number of carbonyl (C=O) groups is 4. The number of ether oxygens (including phenoxy) is 1. The zero-order valence-corrected chi connectivity index (χ0v) is 18.3. The fraction of sp³-hybridized carbons (Fsp3) is 0.333. The van der Waals surface area contributed by atoms with Gasteiger partial charge < -0.3 is 15.4 Å². The van der Waals surface area contributed by atoms with Crippen molar-refractivity contribution in [2.45, 2.75) is 38.3 Å². The Hall–Kier alpha value is -3.88. The highest BCUT2D eigenvalue weighted by atomic mass is 16.5. The lowest BCUT2D eigenvalue weighted by atomic mass is 9.96. The monoisotopic (exact) mass is 448 g/mol. The van der Waals surface area contributed by atoms with Crippen LogP contribution in [0.15, 0.2) is 42.5 Å². The Morgan fingerprint density at radius 1 is 1.15 bits per heavy atom. The Kier molecular flexibility index (Phi) is 4.84. The van der Waals surface area contributed by atoms with Crippen LogP contribution in [0.1, 0.15) is 25.0 Å². The molecule has 2 aliphatic heterocycles. The van der Waals surface area contributed by atoms with Gasteiger partial charge in [-0.2, -0.15) is 0 Å². The first-order valence-electron chi connectivity index (χ1n) is 10.9. The molecule has 3 aliphatic rings. The van der Waals surface area contributed by atoms with Gasteiger partial charge in [-0.3, -0.25) is 24.6 Å². The van der Waals surface area contributed by atoms with Gasteiger partial charge >= 0.3 is 6.03 Å². The van der Waals surface area contributed by atoms with Crippen molar-refractivity contribution >= 4 is 35.1 Å². The minimum absolute atomic E-state index is 0.0475. The molecule has 2 aromatic carbocycles. The van der Waals surface area contributed by atoms with Crippen LogP contribution < -0.4 is 25.6 Å². The number of carbonyl (C=O) groups excluding carboxylic acids is 4. The lowest BCUT2D eigenvalue weighted by Crippen LogP contribution is -2.50. The second-order valence-electron chi connectivity index (χ2n) is 9.05. The van der Waals surface area contributed by atoms with Gasteiger partial charge in [0.1, 0.15) is 17.8 Å². The second-order valence-corrected chi connectivity index (χ2v) is 9.05. The predicted molar refractivity (Wildman–Crippen MR) is 120 cm³/mol. The van der Waals surface area contributed by atoms with Crippen molar-refractivity contribution in [2.75, 3.05) is 16.8 Å². The lowest BCUT2D eigenvalue weighted by molar-refractivity contribution is -0.129. The van der Waals surface area contributed by atoms with Crippen LogP contribution >= 0.6 is 0 Å². The largest absolute Gasteiger partial charge is 0.478 e. The van der Waals surface area contributed by atoms with E-state index in [1.165, 1.54) is 4.90 Å². The van der Waals surface area contributed by atoms with E-state index in [0.717, 1.165) is 11.1 Å². The summed E-state index contributed by atoms with van der Waals surface area (Å²) >= 11 is 0. The molecule has 1 unspecified atom stereocenters. The fourth-order valence-corrected chi connectivity index (χ4v) is 4.70. The zero-order valence-electron chi connectivity index (χ0n) is 18.3. The Morgan fingerprint density at radius 3 is 2.64 bits per heavy atom. The summed E-state index contributed by atoms with van der Waals surface area (Å²) in [6.45, 7) is 3.65. The Balaban J connectivity index is 1.32. The van der Waals surface area contributed by atoms with E-state index in [0.29, 0.717) is 30.0 Å². The molecule has 9 heteroatoms. The highest BCUT2D eigenvalue weighted by molar-refractivity contribution is 6.08. The molecule has 0 aromatic heterocycles. The summed E-state index contributed by atoms with van der Waals surface area (Å²) in [6, 6.07) is 12.1. The normalized spacial score (nSPS) is 23.2. The molecule has 3 N–H and O–H groups in total. The third-order valence-electron chi connectivity index (χ3n) is 6.32. The number of fused-ring (bicyclic) bond motifs is 2. The summed E-state index contributed by atoms with van der Waals surface area (Å²) in [4.78, 5) is 51.2. The van der Waals surface area contributed by atoms with E-state index in [-0.39, 0.29) is 30.2 Å². The molecule has 2 atom stereocenters. The smallest absolute Gasteiger partial charge is 0.322 e. The predicted octanol–water partition coefficient (Wildman–Crippen LogP) is 1.75. The van der Waals surface area contributed by atoms with Crippen LogP contribution in [0.25, 0.3) is 0 Å². The van der Waals surface area contributed by atoms with E-state index < -0.39 is 17.7 Å². The molecule has 9 nitrogen and oxygen atoms in total.